The lowest BCUT2D eigenvalue weighted by Gasteiger charge is -2.28. The number of carbonyl (C=O) groups is 1. The number of furan rings is 1. The summed E-state index contributed by atoms with van der Waals surface area (Å²) in [5.74, 6) is 0.489. The Morgan fingerprint density at radius 3 is 2.66 bits per heavy atom. The predicted molar refractivity (Wildman–Crippen MR) is 118 cm³/mol. The third kappa shape index (κ3) is 4.27. The van der Waals surface area contributed by atoms with Crippen molar-refractivity contribution < 1.29 is 9.21 Å². The van der Waals surface area contributed by atoms with E-state index < -0.39 is 0 Å². The molecule has 0 saturated heterocycles. The van der Waals surface area contributed by atoms with Crippen molar-refractivity contribution in [3.05, 3.63) is 36.2 Å². The average Bonchev–Trinajstić information content (AvgIpc) is 3.40. The number of aromatic nitrogens is 3. The molecule has 0 unspecified atom stereocenters. The molecule has 0 aromatic carbocycles. The Hall–Kier alpha value is -2.09. The van der Waals surface area contributed by atoms with E-state index in [-0.39, 0.29) is 42.3 Å². The predicted octanol–water partition coefficient (Wildman–Crippen LogP) is 4.12. The van der Waals surface area contributed by atoms with Gasteiger partial charge in [0.15, 0.2) is 11.4 Å². The molecule has 1 aliphatic rings. The molecule has 3 aromatic heterocycles. The van der Waals surface area contributed by atoms with E-state index >= 15 is 0 Å². The molecule has 0 bridgehead atoms. The molecule has 7 nitrogen and oxygen atoms in total. The molecule has 0 spiro atoms. The van der Waals surface area contributed by atoms with Gasteiger partial charge < -0.3 is 15.5 Å². The number of nitrogens with two attached hydrogens (primary N) is 1. The molecule has 0 atom stereocenters. The lowest BCUT2D eigenvalue weighted by Crippen LogP contribution is -2.51. The number of halogens is 2. The van der Waals surface area contributed by atoms with Gasteiger partial charge in [-0.1, -0.05) is 12.8 Å². The number of fused-ring (bicyclic) bond motifs is 1. The zero-order valence-corrected chi connectivity index (χ0v) is 18.2. The molecule has 0 radical (unpaired) electrons. The van der Waals surface area contributed by atoms with Gasteiger partial charge in [-0.05, 0) is 44.9 Å². The molecule has 3 heterocycles. The van der Waals surface area contributed by atoms with Crippen LogP contribution in [0.15, 0.2) is 35.1 Å². The molecule has 3 aromatic rings. The minimum absolute atomic E-state index is 0. The monoisotopic (exact) mass is 439 g/mol. The SMILES string of the molecule is CC(C)n1ncc2c(C(=O)NC3(CN)CCCC3)cc(-c3ccco3)nc21.Cl.Cl. The lowest BCUT2D eigenvalue weighted by atomic mass is 9.97. The van der Waals surface area contributed by atoms with Crippen molar-refractivity contribution in [2.24, 2.45) is 5.73 Å². The number of rotatable bonds is 5. The van der Waals surface area contributed by atoms with Crippen molar-refractivity contribution >= 4 is 41.8 Å². The van der Waals surface area contributed by atoms with Crippen molar-refractivity contribution in [2.75, 3.05) is 6.54 Å². The highest BCUT2D eigenvalue weighted by atomic mass is 35.5. The summed E-state index contributed by atoms with van der Waals surface area (Å²) in [5.41, 5.74) is 7.54. The summed E-state index contributed by atoms with van der Waals surface area (Å²) < 4.78 is 7.34. The molecule has 158 valence electrons. The van der Waals surface area contributed by atoms with E-state index in [2.05, 4.69) is 10.4 Å². The molecule has 0 aliphatic heterocycles. The van der Waals surface area contributed by atoms with E-state index in [9.17, 15) is 4.79 Å². The second-order valence-corrected chi connectivity index (χ2v) is 7.60. The highest BCUT2D eigenvalue weighted by Gasteiger charge is 2.34. The highest BCUT2D eigenvalue weighted by Crippen LogP contribution is 2.31. The Balaban J connectivity index is 0.00000150. The maximum atomic E-state index is 13.2. The number of hydrogen-bond acceptors (Lipinski definition) is 5. The quantitative estimate of drug-likeness (QED) is 0.622. The Bertz CT molecular complexity index is 963. The lowest BCUT2D eigenvalue weighted by molar-refractivity contribution is 0.0905. The molecular formula is C20H27Cl2N5O2. The second-order valence-electron chi connectivity index (χ2n) is 7.60. The summed E-state index contributed by atoms with van der Waals surface area (Å²) in [7, 11) is 0. The summed E-state index contributed by atoms with van der Waals surface area (Å²) in [4.78, 5) is 17.9. The van der Waals surface area contributed by atoms with E-state index in [1.165, 1.54) is 0 Å². The van der Waals surface area contributed by atoms with Gasteiger partial charge in [-0.15, -0.1) is 24.8 Å². The van der Waals surface area contributed by atoms with Crippen molar-refractivity contribution in [1.82, 2.24) is 20.1 Å². The van der Waals surface area contributed by atoms with Crippen LogP contribution in [0.2, 0.25) is 0 Å². The summed E-state index contributed by atoms with van der Waals surface area (Å²) in [5, 5.41) is 8.39. The van der Waals surface area contributed by atoms with Gasteiger partial charge in [-0.25, -0.2) is 9.67 Å². The fourth-order valence-corrected chi connectivity index (χ4v) is 3.87. The number of amides is 1. The van der Waals surface area contributed by atoms with E-state index in [1.54, 1.807) is 18.5 Å². The molecule has 29 heavy (non-hydrogen) atoms. The van der Waals surface area contributed by atoms with Crippen LogP contribution in [0.3, 0.4) is 0 Å². The van der Waals surface area contributed by atoms with Gasteiger partial charge in [0.1, 0.15) is 5.69 Å². The average molecular weight is 440 g/mol. The van der Waals surface area contributed by atoms with Crippen LogP contribution in [0.4, 0.5) is 0 Å². The Morgan fingerprint density at radius 1 is 1.34 bits per heavy atom. The highest BCUT2D eigenvalue weighted by molar-refractivity contribution is 6.06. The van der Waals surface area contributed by atoms with Crippen LogP contribution in [0, 0.1) is 0 Å². The summed E-state index contributed by atoms with van der Waals surface area (Å²) >= 11 is 0. The standard InChI is InChI=1S/C20H25N5O2.2ClH/c1-13(2)25-18-15(11-22-25)14(10-16(23-18)17-6-5-9-27-17)19(26)24-20(12-21)7-3-4-8-20;;/h5-6,9-11,13H,3-4,7-8,12,21H2,1-2H3,(H,24,26);2*1H. The number of nitrogens with one attached hydrogen (secondary N) is 1. The number of pyridine rings is 1. The number of nitrogens with zero attached hydrogens (tertiary/aromatic N) is 3. The van der Waals surface area contributed by atoms with Crippen molar-refractivity contribution in [3.8, 4) is 11.5 Å². The van der Waals surface area contributed by atoms with Crippen LogP contribution < -0.4 is 11.1 Å². The number of carbonyl (C=O) groups excluding carboxylic acids is 1. The maximum Gasteiger partial charge on any atom is 0.252 e. The molecule has 1 saturated carbocycles. The Labute approximate surface area is 182 Å². The molecule has 9 heteroatoms. The molecule has 4 rings (SSSR count). The van der Waals surface area contributed by atoms with Gasteiger partial charge in [-0.2, -0.15) is 5.10 Å². The minimum atomic E-state index is -0.314. The zero-order valence-electron chi connectivity index (χ0n) is 16.6. The molecule has 1 fully saturated rings. The van der Waals surface area contributed by atoms with Crippen LogP contribution in [0.1, 0.15) is 55.9 Å². The van der Waals surface area contributed by atoms with E-state index in [4.69, 9.17) is 15.1 Å². The van der Waals surface area contributed by atoms with Crippen LogP contribution in [-0.4, -0.2) is 32.8 Å². The van der Waals surface area contributed by atoms with Crippen LogP contribution in [-0.2, 0) is 0 Å². The van der Waals surface area contributed by atoms with E-state index in [1.807, 2.05) is 30.7 Å². The van der Waals surface area contributed by atoms with Crippen LogP contribution in [0.5, 0.6) is 0 Å². The summed E-state index contributed by atoms with van der Waals surface area (Å²) in [6.07, 6.45) is 7.33. The first kappa shape index (κ1) is 23.2. The normalized spacial score (nSPS) is 15.2. The van der Waals surface area contributed by atoms with Crippen LogP contribution in [0.25, 0.3) is 22.5 Å². The van der Waals surface area contributed by atoms with Crippen LogP contribution >= 0.6 is 24.8 Å². The van der Waals surface area contributed by atoms with Gasteiger partial charge in [-0.3, -0.25) is 4.79 Å². The van der Waals surface area contributed by atoms with Gasteiger partial charge in [0.05, 0.1) is 28.9 Å². The Kier molecular flexibility index (Phi) is 7.32. The van der Waals surface area contributed by atoms with Crippen molar-refractivity contribution in [2.45, 2.75) is 51.1 Å². The molecule has 3 N–H and O–H groups in total. The molecular weight excluding hydrogens is 413 g/mol. The third-order valence-electron chi connectivity index (χ3n) is 5.40. The summed E-state index contributed by atoms with van der Waals surface area (Å²) in [6, 6.07) is 5.55. The van der Waals surface area contributed by atoms with Gasteiger partial charge >= 0.3 is 0 Å². The Morgan fingerprint density at radius 2 is 2.07 bits per heavy atom. The first-order chi connectivity index (χ1) is 13.0. The van der Waals surface area contributed by atoms with Crippen molar-refractivity contribution in [1.29, 1.82) is 0 Å². The van der Waals surface area contributed by atoms with E-state index in [0.29, 0.717) is 29.2 Å². The largest absolute Gasteiger partial charge is 0.463 e. The topological polar surface area (TPSA) is 99.0 Å². The fourth-order valence-electron chi connectivity index (χ4n) is 3.87. The zero-order chi connectivity index (χ0) is 19.0. The van der Waals surface area contributed by atoms with Gasteiger partial charge in [0, 0.05) is 12.6 Å². The van der Waals surface area contributed by atoms with E-state index in [0.717, 1.165) is 31.1 Å². The molecule has 1 aliphatic carbocycles. The van der Waals surface area contributed by atoms with Gasteiger partial charge in [0.2, 0.25) is 0 Å². The molecule has 1 amide bonds. The maximum absolute atomic E-state index is 13.2. The third-order valence-corrected chi connectivity index (χ3v) is 5.40. The second kappa shape index (κ2) is 9.15. The minimum Gasteiger partial charge on any atom is -0.463 e. The smallest absolute Gasteiger partial charge is 0.252 e. The fraction of sp³-hybridized carbons (Fsp3) is 0.450. The van der Waals surface area contributed by atoms with Crippen molar-refractivity contribution in [3.63, 3.8) is 0 Å². The van der Waals surface area contributed by atoms with Gasteiger partial charge in [0.25, 0.3) is 5.91 Å². The first-order valence-electron chi connectivity index (χ1n) is 9.48. The first-order valence-corrected chi connectivity index (χ1v) is 9.48. The number of hydrogen-bond donors (Lipinski definition) is 2. The summed E-state index contributed by atoms with van der Waals surface area (Å²) in [6.45, 7) is 4.52.